The van der Waals surface area contributed by atoms with Crippen molar-refractivity contribution in [2.24, 2.45) is 13.0 Å². The first kappa shape index (κ1) is 24.8. The van der Waals surface area contributed by atoms with Crippen LogP contribution in [0.5, 0.6) is 5.75 Å². The van der Waals surface area contributed by atoms with Gasteiger partial charge in [0, 0.05) is 32.9 Å². The molecule has 0 spiro atoms. The summed E-state index contributed by atoms with van der Waals surface area (Å²) in [6, 6.07) is 9.15. The van der Waals surface area contributed by atoms with E-state index in [1.165, 1.54) is 0 Å². The fourth-order valence-electron chi connectivity index (χ4n) is 4.34. The summed E-state index contributed by atoms with van der Waals surface area (Å²) in [4.78, 5) is 30.3. The van der Waals surface area contributed by atoms with Crippen LogP contribution in [0.25, 0.3) is 0 Å². The van der Waals surface area contributed by atoms with Crippen LogP contribution in [0, 0.1) is 12.8 Å². The van der Waals surface area contributed by atoms with E-state index >= 15 is 0 Å². The normalized spacial score (nSPS) is 18.6. The molecule has 1 aliphatic heterocycles. The Bertz CT molecular complexity index is 933. The van der Waals surface area contributed by atoms with Crippen LogP contribution in [-0.4, -0.2) is 64.2 Å². The first-order valence-corrected chi connectivity index (χ1v) is 12.1. The van der Waals surface area contributed by atoms with Crippen LogP contribution < -0.4 is 4.74 Å². The summed E-state index contributed by atoms with van der Waals surface area (Å²) < 4.78 is 7.98. The second kappa shape index (κ2) is 11.3. The molecular weight excluding hydrogens is 416 g/mol. The predicted octanol–water partition coefficient (Wildman–Crippen LogP) is 4.31. The van der Waals surface area contributed by atoms with Gasteiger partial charge in [-0.15, -0.1) is 0 Å². The lowest BCUT2D eigenvalue weighted by atomic mass is 10.0. The Morgan fingerprint density at radius 2 is 1.82 bits per heavy atom. The Balaban J connectivity index is 1.93. The number of amides is 2. The minimum Gasteiger partial charge on any atom is -0.491 e. The number of para-hydroxylation sites is 1. The van der Waals surface area contributed by atoms with E-state index in [-0.39, 0.29) is 17.9 Å². The monoisotopic (exact) mass is 454 g/mol. The van der Waals surface area contributed by atoms with E-state index in [0.29, 0.717) is 42.6 Å². The number of benzene rings is 1. The standard InChI is InChI=1S/C26H38N4O3/c1-19(2)16-21-18-33-24-13-9-8-12-22(24)25(31)28(4)14-10-6-7-11-15-30(21)26(32)23-17-20(3)29(5)27-23/h8-9,12-13,17,19,21H,6-7,10-11,14-16,18H2,1-5H3/t21-/m0/s1. The van der Waals surface area contributed by atoms with E-state index in [4.69, 9.17) is 4.74 Å². The van der Waals surface area contributed by atoms with Crippen molar-refractivity contribution in [2.45, 2.75) is 58.9 Å². The Morgan fingerprint density at radius 1 is 1.12 bits per heavy atom. The van der Waals surface area contributed by atoms with Gasteiger partial charge in [0.2, 0.25) is 0 Å². The number of aromatic nitrogens is 2. The Hall–Kier alpha value is -2.83. The first-order chi connectivity index (χ1) is 15.8. The number of hydrogen-bond acceptors (Lipinski definition) is 4. The number of carbonyl (C=O) groups excluding carboxylic acids is 2. The van der Waals surface area contributed by atoms with Gasteiger partial charge in [0.15, 0.2) is 5.69 Å². The number of aryl methyl sites for hydroxylation is 2. The van der Waals surface area contributed by atoms with Crippen LogP contribution in [0.15, 0.2) is 30.3 Å². The van der Waals surface area contributed by atoms with Crippen LogP contribution in [0.1, 0.15) is 72.5 Å². The molecule has 7 heteroatoms. The molecular formula is C26H38N4O3. The molecule has 1 atom stereocenters. The molecule has 0 radical (unpaired) electrons. The fourth-order valence-corrected chi connectivity index (χ4v) is 4.34. The lowest BCUT2D eigenvalue weighted by Gasteiger charge is -2.33. The molecule has 3 rings (SSSR count). The minimum absolute atomic E-state index is 0.0278. The van der Waals surface area contributed by atoms with Gasteiger partial charge in [-0.1, -0.05) is 38.8 Å². The molecule has 0 bridgehead atoms. The highest BCUT2D eigenvalue weighted by Crippen LogP contribution is 2.23. The summed E-state index contributed by atoms with van der Waals surface area (Å²) >= 11 is 0. The van der Waals surface area contributed by atoms with E-state index in [1.807, 2.05) is 56.3 Å². The fraction of sp³-hybridized carbons (Fsp3) is 0.577. The molecule has 2 aromatic rings. The highest BCUT2D eigenvalue weighted by molar-refractivity contribution is 5.96. The van der Waals surface area contributed by atoms with Gasteiger partial charge >= 0.3 is 0 Å². The average molecular weight is 455 g/mol. The molecule has 1 aromatic heterocycles. The molecule has 0 saturated heterocycles. The first-order valence-electron chi connectivity index (χ1n) is 12.1. The molecule has 1 aromatic carbocycles. The van der Waals surface area contributed by atoms with Gasteiger partial charge in [-0.2, -0.15) is 5.10 Å². The van der Waals surface area contributed by atoms with Crippen molar-refractivity contribution in [1.82, 2.24) is 19.6 Å². The Labute approximate surface area is 197 Å². The van der Waals surface area contributed by atoms with Crippen molar-refractivity contribution in [3.05, 3.63) is 47.3 Å². The Morgan fingerprint density at radius 3 is 2.48 bits per heavy atom. The van der Waals surface area contributed by atoms with Crippen LogP contribution in [0.4, 0.5) is 0 Å². The van der Waals surface area contributed by atoms with E-state index in [0.717, 1.165) is 37.8 Å². The third-order valence-corrected chi connectivity index (χ3v) is 6.32. The molecule has 7 nitrogen and oxygen atoms in total. The van der Waals surface area contributed by atoms with Gasteiger partial charge in [-0.05, 0) is 50.3 Å². The number of fused-ring (bicyclic) bond motifs is 1. The van der Waals surface area contributed by atoms with Gasteiger partial charge in [0.05, 0.1) is 11.6 Å². The van der Waals surface area contributed by atoms with Crippen LogP contribution >= 0.6 is 0 Å². The summed E-state index contributed by atoms with van der Waals surface area (Å²) in [5.74, 6) is 0.881. The largest absolute Gasteiger partial charge is 0.491 e. The third-order valence-electron chi connectivity index (χ3n) is 6.32. The molecule has 0 N–H and O–H groups in total. The topological polar surface area (TPSA) is 67.7 Å². The lowest BCUT2D eigenvalue weighted by Crippen LogP contribution is -2.45. The highest BCUT2D eigenvalue weighted by atomic mass is 16.5. The number of hydrogen-bond donors (Lipinski definition) is 0. The summed E-state index contributed by atoms with van der Waals surface area (Å²) in [5.41, 5.74) is 1.99. The summed E-state index contributed by atoms with van der Waals surface area (Å²) in [7, 11) is 3.70. The second-order valence-electron chi connectivity index (χ2n) is 9.52. The molecule has 0 fully saturated rings. The van der Waals surface area contributed by atoms with Crippen molar-refractivity contribution in [2.75, 3.05) is 26.7 Å². The smallest absolute Gasteiger partial charge is 0.274 e. The van der Waals surface area contributed by atoms with E-state index in [9.17, 15) is 9.59 Å². The number of carbonyl (C=O) groups is 2. The van der Waals surface area contributed by atoms with Gasteiger partial charge in [0.1, 0.15) is 12.4 Å². The predicted molar refractivity (Wildman–Crippen MR) is 130 cm³/mol. The molecule has 0 unspecified atom stereocenters. The van der Waals surface area contributed by atoms with Crippen molar-refractivity contribution in [3.8, 4) is 5.75 Å². The van der Waals surface area contributed by atoms with Crippen molar-refractivity contribution < 1.29 is 14.3 Å². The van der Waals surface area contributed by atoms with E-state index < -0.39 is 0 Å². The number of ether oxygens (including phenoxy) is 1. The van der Waals surface area contributed by atoms with Crippen molar-refractivity contribution >= 4 is 11.8 Å². The summed E-state index contributed by atoms with van der Waals surface area (Å²) in [5, 5.41) is 4.44. The van der Waals surface area contributed by atoms with Crippen LogP contribution in [0.3, 0.4) is 0 Å². The summed E-state index contributed by atoms with van der Waals surface area (Å²) in [6.45, 7) is 7.98. The molecule has 2 amide bonds. The minimum atomic E-state index is -0.108. The molecule has 180 valence electrons. The molecule has 0 saturated carbocycles. The number of nitrogens with zero attached hydrogens (tertiary/aromatic N) is 4. The van der Waals surface area contributed by atoms with Crippen molar-refractivity contribution in [1.29, 1.82) is 0 Å². The second-order valence-corrected chi connectivity index (χ2v) is 9.52. The average Bonchev–Trinajstić information content (AvgIpc) is 3.13. The van der Waals surface area contributed by atoms with Gasteiger partial charge in [-0.3, -0.25) is 14.3 Å². The van der Waals surface area contributed by atoms with Gasteiger partial charge < -0.3 is 14.5 Å². The SMILES string of the molecule is Cc1cc(C(=O)N2CCCCCCN(C)C(=O)c3ccccc3OC[C@@H]2CC(C)C)nn1C. The zero-order valence-corrected chi connectivity index (χ0v) is 20.7. The van der Waals surface area contributed by atoms with E-state index in [2.05, 4.69) is 18.9 Å². The van der Waals surface area contributed by atoms with Gasteiger partial charge in [-0.25, -0.2) is 0 Å². The molecule has 0 aliphatic carbocycles. The molecule has 2 heterocycles. The highest BCUT2D eigenvalue weighted by Gasteiger charge is 2.28. The lowest BCUT2D eigenvalue weighted by molar-refractivity contribution is 0.0561. The number of rotatable bonds is 3. The maximum Gasteiger partial charge on any atom is 0.274 e. The maximum absolute atomic E-state index is 13.6. The quantitative estimate of drug-likeness (QED) is 0.693. The third kappa shape index (κ3) is 6.36. The zero-order valence-electron chi connectivity index (χ0n) is 20.7. The summed E-state index contributed by atoms with van der Waals surface area (Å²) in [6.07, 6.45) is 4.70. The van der Waals surface area contributed by atoms with E-state index in [1.54, 1.807) is 9.58 Å². The zero-order chi connectivity index (χ0) is 24.0. The van der Waals surface area contributed by atoms with Crippen LogP contribution in [-0.2, 0) is 7.05 Å². The van der Waals surface area contributed by atoms with Crippen LogP contribution in [0.2, 0.25) is 0 Å². The molecule has 33 heavy (non-hydrogen) atoms. The Kier molecular flexibility index (Phi) is 8.53. The molecule has 1 aliphatic rings. The van der Waals surface area contributed by atoms with Crippen molar-refractivity contribution in [3.63, 3.8) is 0 Å². The maximum atomic E-state index is 13.6. The van der Waals surface area contributed by atoms with Gasteiger partial charge in [0.25, 0.3) is 11.8 Å².